The average Bonchev–Trinajstić information content (AvgIpc) is 2.28. The van der Waals surface area contributed by atoms with E-state index in [1.165, 1.54) is 10.4 Å². The van der Waals surface area contributed by atoms with Crippen LogP contribution in [0, 0.1) is 6.92 Å². The van der Waals surface area contributed by atoms with Crippen LogP contribution in [-0.4, -0.2) is 39.5 Å². The van der Waals surface area contributed by atoms with Gasteiger partial charge < -0.3 is 10.5 Å². The molecule has 102 valence electrons. The van der Waals surface area contributed by atoms with Crippen LogP contribution in [-0.2, 0) is 14.8 Å². The molecule has 0 heterocycles. The van der Waals surface area contributed by atoms with Gasteiger partial charge in [-0.3, -0.25) is 0 Å². The second kappa shape index (κ2) is 6.17. The second-order valence-electron chi connectivity index (χ2n) is 4.05. The fraction of sp³-hybridized carbons (Fsp3) is 0.500. The Morgan fingerprint density at radius 2 is 2.06 bits per heavy atom. The highest BCUT2D eigenvalue weighted by molar-refractivity contribution is 7.89. The Balaban J connectivity index is 2.91. The van der Waals surface area contributed by atoms with Crippen molar-refractivity contribution in [2.24, 2.45) is 0 Å². The van der Waals surface area contributed by atoms with Crippen molar-refractivity contribution in [1.82, 2.24) is 4.31 Å². The van der Waals surface area contributed by atoms with Crippen molar-refractivity contribution in [3.8, 4) is 0 Å². The third kappa shape index (κ3) is 3.44. The zero-order valence-electron chi connectivity index (χ0n) is 11.0. The molecular formula is C12H20N2O3S. The van der Waals surface area contributed by atoms with E-state index in [4.69, 9.17) is 10.5 Å². The summed E-state index contributed by atoms with van der Waals surface area (Å²) in [5.74, 6) is 0. The number of sulfonamides is 1. The standard InChI is InChI=1S/C12H20N2O3S/c1-4-17-8-7-14(3)18(15,16)12-6-5-11(13)9-10(12)2/h5-6,9H,4,7-8,13H2,1-3H3. The van der Waals surface area contributed by atoms with Gasteiger partial charge in [-0.1, -0.05) is 0 Å². The normalized spacial score (nSPS) is 12.0. The lowest BCUT2D eigenvalue weighted by molar-refractivity contribution is 0.138. The Morgan fingerprint density at radius 3 is 2.61 bits per heavy atom. The Labute approximate surface area is 109 Å². The number of hydrogen-bond acceptors (Lipinski definition) is 4. The molecule has 0 saturated heterocycles. The molecule has 0 aliphatic heterocycles. The highest BCUT2D eigenvalue weighted by atomic mass is 32.2. The smallest absolute Gasteiger partial charge is 0.243 e. The van der Waals surface area contributed by atoms with Crippen molar-refractivity contribution >= 4 is 15.7 Å². The number of ether oxygens (including phenoxy) is 1. The third-order valence-electron chi connectivity index (χ3n) is 2.64. The SMILES string of the molecule is CCOCCN(C)S(=O)(=O)c1ccc(N)cc1C. The van der Waals surface area contributed by atoms with Gasteiger partial charge in [-0.25, -0.2) is 8.42 Å². The van der Waals surface area contributed by atoms with Gasteiger partial charge in [-0.2, -0.15) is 4.31 Å². The molecule has 5 nitrogen and oxygen atoms in total. The molecule has 2 N–H and O–H groups in total. The highest BCUT2D eigenvalue weighted by Gasteiger charge is 2.22. The number of nitrogen functional groups attached to an aromatic ring is 1. The van der Waals surface area contributed by atoms with Crippen LogP contribution in [0.4, 0.5) is 5.69 Å². The first-order valence-corrected chi connectivity index (χ1v) is 7.23. The van der Waals surface area contributed by atoms with Crippen molar-refractivity contribution in [2.75, 3.05) is 32.5 Å². The van der Waals surface area contributed by atoms with Crippen molar-refractivity contribution < 1.29 is 13.2 Å². The summed E-state index contributed by atoms with van der Waals surface area (Å²) in [7, 11) is -1.92. The first kappa shape index (κ1) is 14.9. The zero-order valence-corrected chi connectivity index (χ0v) is 11.8. The highest BCUT2D eigenvalue weighted by Crippen LogP contribution is 2.20. The minimum absolute atomic E-state index is 0.288. The molecule has 0 saturated carbocycles. The lowest BCUT2D eigenvalue weighted by Crippen LogP contribution is -2.30. The Bertz CT molecular complexity index is 500. The summed E-state index contributed by atoms with van der Waals surface area (Å²) < 4.78 is 31.0. The van der Waals surface area contributed by atoms with E-state index in [-0.39, 0.29) is 4.90 Å². The molecule has 0 aliphatic carbocycles. The number of rotatable bonds is 6. The van der Waals surface area contributed by atoms with E-state index >= 15 is 0 Å². The molecule has 0 amide bonds. The number of nitrogens with zero attached hydrogens (tertiary/aromatic N) is 1. The molecular weight excluding hydrogens is 252 g/mol. The summed E-state index contributed by atoms with van der Waals surface area (Å²) in [5.41, 5.74) is 6.83. The molecule has 1 aromatic rings. The summed E-state index contributed by atoms with van der Waals surface area (Å²) in [6.45, 7) is 4.91. The van der Waals surface area contributed by atoms with E-state index in [0.717, 1.165) is 0 Å². The molecule has 0 bridgehead atoms. The van der Waals surface area contributed by atoms with Crippen LogP contribution >= 0.6 is 0 Å². The Hall–Kier alpha value is -1.11. The van der Waals surface area contributed by atoms with Gasteiger partial charge in [0.25, 0.3) is 0 Å². The minimum Gasteiger partial charge on any atom is -0.399 e. The van der Waals surface area contributed by atoms with Crippen LogP contribution in [0.15, 0.2) is 23.1 Å². The van der Waals surface area contributed by atoms with Crippen LogP contribution in [0.2, 0.25) is 0 Å². The molecule has 0 radical (unpaired) electrons. The van der Waals surface area contributed by atoms with Crippen molar-refractivity contribution in [3.05, 3.63) is 23.8 Å². The zero-order chi connectivity index (χ0) is 13.8. The number of likely N-dealkylation sites (N-methyl/N-ethyl adjacent to an activating group) is 1. The maximum atomic E-state index is 12.3. The number of hydrogen-bond donors (Lipinski definition) is 1. The first-order valence-electron chi connectivity index (χ1n) is 5.79. The first-order chi connectivity index (χ1) is 8.39. The molecule has 0 aromatic heterocycles. The quantitative estimate of drug-likeness (QED) is 0.624. The van der Waals surface area contributed by atoms with Crippen LogP contribution < -0.4 is 5.73 Å². The van der Waals surface area contributed by atoms with Gasteiger partial charge in [0.2, 0.25) is 10.0 Å². The Morgan fingerprint density at radius 1 is 1.39 bits per heavy atom. The third-order valence-corrected chi connectivity index (χ3v) is 4.66. The molecule has 6 heteroatoms. The van der Waals surface area contributed by atoms with E-state index in [1.807, 2.05) is 6.92 Å². The van der Waals surface area contributed by atoms with Crippen LogP contribution in [0.5, 0.6) is 0 Å². The number of nitrogens with two attached hydrogens (primary N) is 1. The van der Waals surface area contributed by atoms with Gasteiger partial charge in [0.05, 0.1) is 11.5 Å². The van der Waals surface area contributed by atoms with Gasteiger partial charge in [0.1, 0.15) is 0 Å². The predicted molar refractivity (Wildman–Crippen MR) is 71.9 cm³/mol. The van der Waals surface area contributed by atoms with Gasteiger partial charge in [0.15, 0.2) is 0 Å². The summed E-state index contributed by atoms with van der Waals surface area (Å²) in [6.07, 6.45) is 0. The van der Waals surface area contributed by atoms with Crippen molar-refractivity contribution in [2.45, 2.75) is 18.7 Å². The second-order valence-corrected chi connectivity index (χ2v) is 6.06. The minimum atomic E-state index is -3.47. The van der Waals surface area contributed by atoms with E-state index < -0.39 is 10.0 Å². The summed E-state index contributed by atoms with van der Waals surface area (Å²) >= 11 is 0. The molecule has 1 rings (SSSR count). The Kier molecular flexibility index (Phi) is 5.13. The molecule has 0 atom stereocenters. The maximum Gasteiger partial charge on any atom is 0.243 e. The van der Waals surface area contributed by atoms with Gasteiger partial charge in [-0.05, 0) is 37.6 Å². The molecule has 18 heavy (non-hydrogen) atoms. The fourth-order valence-electron chi connectivity index (χ4n) is 1.59. The molecule has 0 unspecified atom stereocenters. The molecule has 1 aromatic carbocycles. The van der Waals surface area contributed by atoms with E-state index in [1.54, 1.807) is 26.1 Å². The van der Waals surface area contributed by atoms with Crippen LogP contribution in [0.1, 0.15) is 12.5 Å². The van der Waals surface area contributed by atoms with Gasteiger partial charge in [-0.15, -0.1) is 0 Å². The van der Waals surface area contributed by atoms with Gasteiger partial charge in [0, 0.05) is 25.9 Å². The monoisotopic (exact) mass is 272 g/mol. The summed E-state index contributed by atoms with van der Waals surface area (Å²) in [5, 5.41) is 0. The van der Waals surface area contributed by atoms with Crippen molar-refractivity contribution in [1.29, 1.82) is 0 Å². The largest absolute Gasteiger partial charge is 0.399 e. The van der Waals surface area contributed by atoms with E-state index in [9.17, 15) is 8.42 Å². The maximum absolute atomic E-state index is 12.3. The van der Waals surface area contributed by atoms with E-state index in [2.05, 4.69) is 0 Å². The summed E-state index contributed by atoms with van der Waals surface area (Å²) in [6, 6.07) is 4.79. The average molecular weight is 272 g/mol. The number of benzene rings is 1. The van der Waals surface area contributed by atoms with Gasteiger partial charge >= 0.3 is 0 Å². The predicted octanol–water partition coefficient (Wildman–Crippen LogP) is 1.23. The van der Waals surface area contributed by atoms with E-state index in [0.29, 0.717) is 31.0 Å². The fourth-order valence-corrected chi connectivity index (χ4v) is 2.94. The van der Waals surface area contributed by atoms with Crippen molar-refractivity contribution in [3.63, 3.8) is 0 Å². The lowest BCUT2D eigenvalue weighted by Gasteiger charge is -2.18. The number of aryl methyl sites for hydroxylation is 1. The molecule has 0 spiro atoms. The molecule has 0 fully saturated rings. The number of anilines is 1. The van der Waals surface area contributed by atoms with Crippen LogP contribution in [0.3, 0.4) is 0 Å². The summed E-state index contributed by atoms with van der Waals surface area (Å²) in [4.78, 5) is 0.288. The lowest BCUT2D eigenvalue weighted by atomic mass is 10.2. The topological polar surface area (TPSA) is 72.6 Å². The molecule has 0 aliphatic rings. The van der Waals surface area contributed by atoms with Crippen LogP contribution in [0.25, 0.3) is 0 Å².